The van der Waals surface area contributed by atoms with E-state index < -0.39 is 35.8 Å². The van der Waals surface area contributed by atoms with Crippen LogP contribution in [0.15, 0.2) is 36.4 Å². The zero-order valence-electron chi connectivity index (χ0n) is 22.6. The number of nitrogens with two attached hydrogens (primary N) is 4. The molecule has 3 amide bonds. The quantitative estimate of drug-likeness (QED) is 0.186. The van der Waals surface area contributed by atoms with E-state index in [1.165, 1.54) is 12.1 Å². The Morgan fingerprint density at radius 3 is 2.12 bits per heavy atom. The molecule has 12 nitrogen and oxygen atoms in total. The highest BCUT2D eigenvalue weighted by molar-refractivity contribution is 5.93. The summed E-state index contributed by atoms with van der Waals surface area (Å²) in [4.78, 5) is 39.7. The summed E-state index contributed by atoms with van der Waals surface area (Å²) >= 11 is 0. The van der Waals surface area contributed by atoms with Crippen LogP contribution < -0.4 is 38.9 Å². The van der Waals surface area contributed by atoms with E-state index in [2.05, 4.69) is 16.0 Å². The molecule has 2 aromatic carbocycles. The Morgan fingerprint density at radius 1 is 0.925 bits per heavy atom. The lowest BCUT2D eigenvalue weighted by Crippen LogP contribution is -2.57. The molecule has 0 radical (unpaired) electrons. The van der Waals surface area contributed by atoms with Crippen molar-refractivity contribution in [3.8, 4) is 22.6 Å². The van der Waals surface area contributed by atoms with E-state index in [0.717, 1.165) is 0 Å². The van der Waals surface area contributed by atoms with Crippen LogP contribution in [0.3, 0.4) is 0 Å². The van der Waals surface area contributed by atoms with Gasteiger partial charge < -0.3 is 49.1 Å². The van der Waals surface area contributed by atoms with Crippen LogP contribution in [0, 0.1) is 0 Å². The number of benzene rings is 2. The van der Waals surface area contributed by atoms with Crippen LogP contribution in [0.1, 0.15) is 36.8 Å². The highest BCUT2D eigenvalue weighted by Gasteiger charge is 2.29. The van der Waals surface area contributed by atoms with Gasteiger partial charge in [0.25, 0.3) is 0 Å². The van der Waals surface area contributed by atoms with Gasteiger partial charge in [0, 0.05) is 25.4 Å². The fourth-order valence-corrected chi connectivity index (χ4v) is 4.59. The van der Waals surface area contributed by atoms with Crippen molar-refractivity contribution in [1.29, 1.82) is 0 Å². The van der Waals surface area contributed by atoms with Gasteiger partial charge in [-0.05, 0) is 85.3 Å². The Hall–Kier alpha value is -3.71. The van der Waals surface area contributed by atoms with Gasteiger partial charge in [0.15, 0.2) is 0 Å². The summed E-state index contributed by atoms with van der Waals surface area (Å²) in [5.74, 6) is -1.72. The maximum atomic E-state index is 13.4. The van der Waals surface area contributed by atoms with Gasteiger partial charge in [-0.3, -0.25) is 14.4 Å². The molecule has 0 saturated heterocycles. The maximum absolute atomic E-state index is 13.4. The van der Waals surface area contributed by atoms with Gasteiger partial charge in [0.1, 0.15) is 23.6 Å². The first-order valence-electron chi connectivity index (χ1n) is 13.6. The van der Waals surface area contributed by atoms with Gasteiger partial charge in [-0.15, -0.1) is 0 Å². The highest BCUT2D eigenvalue weighted by Crippen LogP contribution is 2.30. The molecule has 40 heavy (non-hydrogen) atoms. The van der Waals surface area contributed by atoms with E-state index in [1.807, 2.05) is 0 Å². The van der Waals surface area contributed by atoms with Crippen molar-refractivity contribution in [2.75, 3.05) is 19.6 Å². The molecular formula is C28H41N7O5. The summed E-state index contributed by atoms with van der Waals surface area (Å²) < 4.78 is 0. The lowest BCUT2D eigenvalue weighted by atomic mass is 9.95. The van der Waals surface area contributed by atoms with Gasteiger partial charge >= 0.3 is 0 Å². The molecule has 2 aromatic rings. The lowest BCUT2D eigenvalue weighted by molar-refractivity contribution is -0.132. The van der Waals surface area contributed by atoms with Crippen LogP contribution in [0.4, 0.5) is 0 Å². The number of carbonyl (C=O) groups excluding carboxylic acids is 3. The second-order valence-electron chi connectivity index (χ2n) is 10.2. The fraction of sp³-hybridized carbons (Fsp3) is 0.464. The number of aromatic hydroxyl groups is 2. The zero-order valence-corrected chi connectivity index (χ0v) is 22.6. The smallest absolute Gasteiger partial charge is 0.243 e. The summed E-state index contributed by atoms with van der Waals surface area (Å²) in [6.45, 7) is 0.950. The number of hydrogen-bond acceptors (Lipinski definition) is 9. The van der Waals surface area contributed by atoms with Gasteiger partial charge in [0.05, 0.1) is 6.04 Å². The number of amides is 3. The van der Waals surface area contributed by atoms with E-state index in [9.17, 15) is 24.6 Å². The predicted octanol–water partition coefficient (Wildman–Crippen LogP) is -0.918. The minimum Gasteiger partial charge on any atom is -0.508 e. The van der Waals surface area contributed by atoms with Gasteiger partial charge in [-0.25, -0.2) is 0 Å². The van der Waals surface area contributed by atoms with E-state index in [1.54, 1.807) is 24.3 Å². The number of rotatable bonds is 9. The van der Waals surface area contributed by atoms with E-state index in [0.29, 0.717) is 48.1 Å². The summed E-state index contributed by atoms with van der Waals surface area (Å²) in [7, 11) is 0. The molecule has 13 N–H and O–H groups in total. The largest absolute Gasteiger partial charge is 0.508 e. The molecule has 1 aliphatic heterocycles. The average molecular weight is 556 g/mol. The van der Waals surface area contributed by atoms with E-state index in [-0.39, 0.29) is 49.9 Å². The van der Waals surface area contributed by atoms with Crippen LogP contribution in [0.2, 0.25) is 0 Å². The lowest BCUT2D eigenvalue weighted by Gasteiger charge is -2.25. The SMILES string of the molecule is NCCC[C@@H](N)CNC(=O)[C@@H]1Cc2cc(ccc2O)-c2ccc(O)c(c2)C[C@@H](N)C(=O)N[C@@H](CCCN)C(=O)N1. The Bertz CT molecular complexity index is 1190. The van der Waals surface area contributed by atoms with Crippen LogP contribution in [0.5, 0.6) is 11.5 Å². The summed E-state index contributed by atoms with van der Waals surface area (Å²) in [5.41, 5.74) is 25.8. The van der Waals surface area contributed by atoms with Crippen LogP contribution in [-0.4, -0.2) is 71.7 Å². The average Bonchev–Trinajstić information content (AvgIpc) is 2.94. The third kappa shape index (κ3) is 8.39. The van der Waals surface area contributed by atoms with Crippen molar-refractivity contribution in [3.05, 3.63) is 47.5 Å². The molecule has 4 atom stereocenters. The third-order valence-corrected chi connectivity index (χ3v) is 6.97. The number of nitrogens with one attached hydrogen (secondary N) is 3. The van der Waals surface area contributed by atoms with Crippen molar-refractivity contribution in [1.82, 2.24) is 16.0 Å². The Kier molecular flexibility index (Phi) is 11.3. The summed E-state index contributed by atoms with van der Waals surface area (Å²) in [5, 5.41) is 29.3. The molecule has 0 aromatic heterocycles. The normalized spacial score (nSPS) is 20.4. The van der Waals surface area contributed by atoms with Gasteiger partial charge in [-0.2, -0.15) is 0 Å². The van der Waals surface area contributed by atoms with Gasteiger partial charge in [0.2, 0.25) is 17.7 Å². The number of phenols is 2. The molecule has 3 rings (SSSR count). The number of carbonyl (C=O) groups is 3. The molecule has 12 heteroatoms. The Morgan fingerprint density at radius 2 is 1.52 bits per heavy atom. The van der Waals surface area contributed by atoms with Crippen LogP contribution in [-0.2, 0) is 27.2 Å². The Balaban J connectivity index is 2.01. The van der Waals surface area contributed by atoms with Crippen LogP contribution in [0.25, 0.3) is 11.1 Å². The summed E-state index contributed by atoms with van der Waals surface area (Å²) in [6.07, 6.45) is 1.99. The second kappa shape index (κ2) is 14.6. The zero-order chi connectivity index (χ0) is 29.2. The second-order valence-corrected chi connectivity index (χ2v) is 10.2. The van der Waals surface area contributed by atoms with E-state index >= 15 is 0 Å². The molecule has 1 heterocycles. The molecule has 1 aliphatic rings. The molecule has 0 unspecified atom stereocenters. The molecule has 0 fully saturated rings. The number of phenolic OH excluding ortho intramolecular Hbond substituents is 2. The first-order chi connectivity index (χ1) is 19.1. The van der Waals surface area contributed by atoms with Crippen molar-refractivity contribution in [3.63, 3.8) is 0 Å². The summed E-state index contributed by atoms with van der Waals surface area (Å²) in [6, 6.07) is 6.42. The van der Waals surface area contributed by atoms with Crippen LogP contribution >= 0.6 is 0 Å². The number of hydrogen-bond donors (Lipinski definition) is 9. The first kappa shape index (κ1) is 30.8. The Labute approximate surface area is 233 Å². The van der Waals surface area contributed by atoms with Crippen molar-refractivity contribution in [2.24, 2.45) is 22.9 Å². The maximum Gasteiger partial charge on any atom is 0.243 e. The molecular weight excluding hydrogens is 514 g/mol. The fourth-order valence-electron chi connectivity index (χ4n) is 4.59. The first-order valence-corrected chi connectivity index (χ1v) is 13.6. The van der Waals surface area contributed by atoms with Crippen molar-refractivity contribution >= 4 is 17.7 Å². The molecule has 0 saturated carbocycles. The topological polar surface area (TPSA) is 232 Å². The molecule has 4 bridgehead atoms. The predicted molar refractivity (Wildman–Crippen MR) is 152 cm³/mol. The minimum atomic E-state index is -1.08. The van der Waals surface area contributed by atoms with Crippen molar-refractivity contribution < 1.29 is 24.6 Å². The monoisotopic (exact) mass is 555 g/mol. The molecule has 0 spiro atoms. The molecule has 218 valence electrons. The standard InChI is InChI=1S/C28H41N7O5/c29-9-1-3-20(31)15-33-27(39)23-14-19-12-17(6-8-25(19)37)16-5-7-24(36)18(11-16)13-21(32)26(38)34-22(4-2-10-30)28(40)35-23/h5-8,11-12,20-23,36-37H,1-4,9-10,13-15,29-32H2,(H,33,39)(H,34,38)(H,35,40)/t20-,21-,22+,23+/m1/s1. The number of fused-ring (bicyclic) bond motifs is 5. The minimum absolute atomic E-state index is 0.0193. The van der Waals surface area contributed by atoms with E-state index in [4.69, 9.17) is 22.9 Å². The molecule has 0 aliphatic carbocycles. The van der Waals surface area contributed by atoms with Crippen molar-refractivity contribution in [2.45, 2.75) is 62.7 Å². The third-order valence-electron chi connectivity index (χ3n) is 6.97. The van der Waals surface area contributed by atoms with Gasteiger partial charge in [-0.1, -0.05) is 12.1 Å². The highest BCUT2D eigenvalue weighted by atomic mass is 16.3.